The van der Waals surface area contributed by atoms with Gasteiger partial charge < -0.3 is 14.8 Å². The summed E-state index contributed by atoms with van der Waals surface area (Å²) in [5, 5.41) is 7.59. The molecule has 4 aromatic rings. The van der Waals surface area contributed by atoms with Crippen LogP contribution in [-0.4, -0.2) is 43.6 Å². The number of sulfonamides is 1. The van der Waals surface area contributed by atoms with E-state index in [4.69, 9.17) is 21.7 Å². The van der Waals surface area contributed by atoms with Crippen molar-refractivity contribution in [3.05, 3.63) is 84.4 Å². The summed E-state index contributed by atoms with van der Waals surface area (Å²) in [6.45, 7) is 0. The molecule has 0 fully saturated rings. The van der Waals surface area contributed by atoms with Gasteiger partial charge in [-0.1, -0.05) is 42.5 Å². The summed E-state index contributed by atoms with van der Waals surface area (Å²) in [6.07, 6.45) is 3.12. The van der Waals surface area contributed by atoms with Crippen molar-refractivity contribution in [1.29, 1.82) is 0 Å². The molecule has 3 N–H and O–H groups in total. The minimum atomic E-state index is -3.97. The van der Waals surface area contributed by atoms with Crippen molar-refractivity contribution in [2.45, 2.75) is 4.90 Å². The Morgan fingerprint density at radius 1 is 0.947 bits per heavy atom. The summed E-state index contributed by atoms with van der Waals surface area (Å²) in [6, 6.07) is 20.8. The number of benzene rings is 3. The maximum Gasteiger partial charge on any atom is 0.321 e. The van der Waals surface area contributed by atoms with Crippen molar-refractivity contribution in [2.75, 3.05) is 24.3 Å². The Balaban J connectivity index is 1.37. The zero-order valence-electron chi connectivity index (χ0n) is 20.3. The van der Waals surface area contributed by atoms with Crippen LogP contribution in [0.5, 0.6) is 11.9 Å². The van der Waals surface area contributed by atoms with Gasteiger partial charge >= 0.3 is 6.01 Å². The number of hydrogen-bond acceptors (Lipinski definition) is 8. The molecular weight excluding hydrogens is 526 g/mol. The first-order valence-corrected chi connectivity index (χ1v) is 13.0. The number of methoxy groups -OCH3 is 2. The highest BCUT2D eigenvalue weighted by Gasteiger charge is 2.17. The second kappa shape index (κ2) is 11.7. The molecule has 0 saturated carbocycles. The second-order valence-electron chi connectivity index (χ2n) is 7.76. The van der Waals surface area contributed by atoms with Gasteiger partial charge in [-0.25, -0.2) is 8.42 Å². The number of fused-ring (bicyclic) bond motifs is 1. The van der Waals surface area contributed by atoms with Gasteiger partial charge in [0, 0.05) is 17.8 Å². The van der Waals surface area contributed by atoms with Crippen LogP contribution in [0, 0.1) is 0 Å². The Morgan fingerprint density at radius 2 is 1.68 bits per heavy atom. The molecule has 194 valence electrons. The van der Waals surface area contributed by atoms with E-state index in [-0.39, 0.29) is 27.7 Å². The van der Waals surface area contributed by atoms with E-state index < -0.39 is 15.9 Å². The molecule has 1 heterocycles. The Hall–Kier alpha value is -4.55. The van der Waals surface area contributed by atoms with Gasteiger partial charge in [-0.2, -0.15) is 9.97 Å². The molecule has 38 heavy (non-hydrogen) atoms. The Bertz CT molecular complexity index is 1600. The fourth-order valence-electron chi connectivity index (χ4n) is 3.44. The number of amides is 1. The highest BCUT2D eigenvalue weighted by atomic mass is 32.2. The van der Waals surface area contributed by atoms with E-state index >= 15 is 0 Å². The number of carbonyl (C=O) groups excluding carboxylic acids is 1. The summed E-state index contributed by atoms with van der Waals surface area (Å²) in [7, 11) is -1.22. The summed E-state index contributed by atoms with van der Waals surface area (Å²) in [5.74, 6) is -0.289. The first kappa shape index (κ1) is 26.5. The van der Waals surface area contributed by atoms with Crippen molar-refractivity contribution in [3.8, 4) is 11.9 Å². The number of aromatic nitrogens is 2. The summed E-state index contributed by atoms with van der Waals surface area (Å²) in [5.41, 5.74) is 1.39. The molecule has 0 saturated heterocycles. The van der Waals surface area contributed by atoms with E-state index in [1.54, 1.807) is 6.08 Å². The molecular formula is C26H23N5O5S2. The van der Waals surface area contributed by atoms with E-state index in [9.17, 15) is 13.2 Å². The largest absolute Gasteiger partial charge is 0.481 e. The predicted octanol–water partition coefficient (Wildman–Crippen LogP) is 3.97. The van der Waals surface area contributed by atoms with Gasteiger partial charge in [-0.3, -0.25) is 14.8 Å². The molecule has 0 aliphatic rings. The monoisotopic (exact) mass is 549 g/mol. The molecule has 1 aromatic heterocycles. The normalized spacial score (nSPS) is 11.2. The Kier molecular flexibility index (Phi) is 8.14. The van der Waals surface area contributed by atoms with E-state index in [2.05, 4.69) is 25.3 Å². The number of nitrogens with one attached hydrogen (secondary N) is 3. The standard InChI is InChI=1S/C26H23N5O5S2/c1-35-24-16-22(28-25(30-24)36-2)31-38(33,34)20-13-11-19(12-14-20)27-26(37)29-23(32)15-10-18-8-5-7-17-6-3-4-9-21(17)18/h3-16H,1-2H3,(H,28,30,31)(H2,27,29,32,37). The van der Waals surface area contributed by atoms with E-state index in [0.29, 0.717) is 5.69 Å². The van der Waals surface area contributed by atoms with Crippen molar-refractivity contribution < 1.29 is 22.7 Å². The summed E-state index contributed by atoms with van der Waals surface area (Å²) < 4.78 is 37.9. The smallest absolute Gasteiger partial charge is 0.321 e. The van der Waals surface area contributed by atoms with Gasteiger partial charge in [-0.05, 0) is 58.9 Å². The minimum Gasteiger partial charge on any atom is -0.481 e. The molecule has 0 unspecified atom stereocenters. The summed E-state index contributed by atoms with van der Waals surface area (Å²) >= 11 is 5.22. The number of anilines is 2. The van der Waals surface area contributed by atoms with Crippen LogP contribution in [0.4, 0.5) is 11.5 Å². The van der Waals surface area contributed by atoms with Crippen molar-refractivity contribution in [3.63, 3.8) is 0 Å². The lowest BCUT2D eigenvalue weighted by Crippen LogP contribution is -2.32. The third kappa shape index (κ3) is 6.60. The third-order valence-electron chi connectivity index (χ3n) is 5.21. The Morgan fingerprint density at radius 3 is 2.42 bits per heavy atom. The average Bonchev–Trinajstić information content (AvgIpc) is 2.91. The minimum absolute atomic E-state index is 0.0173. The quantitative estimate of drug-likeness (QED) is 0.221. The van der Waals surface area contributed by atoms with Crippen LogP contribution < -0.4 is 24.8 Å². The van der Waals surface area contributed by atoms with Crippen LogP contribution >= 0.6 is 12.2 Å². The molecule has 0 spiro atoms. The van der Waals surface area contributed by atoms with Gasteiger partial charge in [-0.15, -0.1) is 0 Å². The van der Waals surface area contributed by atoms with Crippen LogP contribution in [0.2, 0.25) is 0 Å². The van der Waals surface area contributed by atoms with Gasteiger partial charge in [0.2, 0.25) is 11.8 Å². The summed E-state index contributed by atoms with van der Waals surface area (Å²) in [4.78, 5) is 20.2. The molecule has 0 aliphatic carbocycles. The molecule has 1 amide bonds. The fourth-order valence-corrected chi connectivity index (χ4v) is 4.65. The molecule has 0 radical (unpaired) electrons. The molecule has 0 aliphatic heterocycles. The van der Waals surface area contributed by atoms with E-state index in [1.165, 1.54) is 50.6 Å². The lowest BCUT2D eigenvalue weighted by molar-refractivity contribution is -0.115. The number of thiocarbonyl (C=S) groups is 1. The maximum atomic E-state index is 12.8. The molecule has 12 heteroatoms. The molecule has 10 nitrogen and oxygen atoms in total. The van der Waals surface area contributed by atoms with Gasteiger partial charge in [0.25, 0.3) is 10.0 Å². The number of ether oxygens (including phenoxy) is 2. The number of carbonyl (C=O) groups is 1. The zero-order chi connectivity index (χ0) is 27.1. The van der Waals surface area contributed by atoms with Gasteiger partial charge in [0.1, 0.15) is 0 Å². The van der Waals surface area contributed by atoms with Crippen LogP contribution in [-0.2, 0) is 14.8 Å². The van der Waals surface area contributed by atoms with Crippen LogP contribution in [0.3, 0.4) is 0 Å². The van der Waals surface area contributed by atoms with Crippen LogP contribution in [0.25, 0.3) is 16.8 Å². The number of nitrogens with zero attached hydrogens (tertiary/aromatic N) is 2. The predicted molar refractivity (Wildman–Crippen MR) is 150 cm³/mol. The lowest BCUT2D eigenvalue weighted by Gasteiger charge is -2.11. The average molecular weight is 550 g/mol. The number of hydrogen-bond donors (Lipinski definition) is 3. The Labute approximate surface area is 224 Å². The lowest BCUT2D eigenvalue weighted by atomic mass is 10.0. The number of rotatable bonds is 8. The molecule has 4 rings (SSSR count). The van der Waals surface area contributed by atoms with Crippen LogP contribution in [0.15, 0.2) is 83.8 Å². The molecule has 0 bridgehead atoms. The second-order valence-corrected chi connectivity index (χ2v) is 9.85. The maximum absolute atomic E-state index is 12.8. The molecule has 0 atom stereocenters. The van der Waals surface area contributed by atoms with E-state index in [1.807, 2.05) is 42.5 Å². The fraction of sp³-hybridized carbons (Fsp3) is 0.0769. The van der Waals surface area contributed by atoms with E-state index in [0.717, 1.165) is 16.3 Å². The van der Waals surface area contributed by atoms with Crippen molar-refractivity contribution >= 4 is 61.6 Å². The van der Waals surface area contributed by atoms with Gasteiger partial charge in [0.15, 0.2) is 10.9 Å². The first-order chi connectivity index (χ1) is 18.3. The topological polar surface area (TPSA) is 132 Å². The van der Waals surface area contributed by atoms with Crippen molar-refractivity contribution in [1.82, 2.24) is 15.3 Å². The molecule has 3 aromatic carbocycles. The SMILES string of the molecule is COc1cc(NS(=O)(=O)c2ccc(NC(=S)NC(=O)C=Cc3cccc4ccccc34)cc2)nc(OC)n1. The van der Waals surface area contributed by atoms with Crippen LogP contribution in [0.1, 0.15) is 5.56 Å². The zero-order valence-corrected chi connectivity index (χ0v) is 22.0. The first-order valence-electron chi connectivity index (χ1n) is 11.1. The highest BCUT2D eigenvalue weighted by molar-refractivity contribution is 7.92. The van der Waals surface area contributed by atoms with Gasteiger partial charge in [0.05, 0.1) is 19.1 Å². The third-order valence-corrected chi connectivity index (χ3v) is 6.78. The highest BCUT2D eigenvalue weighted by Crippen LogP contribution is 2.22. The van der Waals surface area contributed by atoms with Crippen molar-refractivity contribution in [2.24, 2.45) is 0 Å².